The number of hydrogen-bond acceptors (Lipinski definition) is 5. The van der Waals surface area contributed by atoms with Crippen molar-refractivity contribution in [2.24, 2.45) is 5.11 Å². The van der Waals surface area contributed by atoms with E-state index < -0.39 is 12.1 Å². The lowest BCUT2D eigenvalue weighted by Gasteiger charge is -2.17. The quantitative estimate of drug-likeness (QED) is 0.185. The van der Waals surface area contributed by atoms with E-state index in [-0.39, 0.29) is 18.2 Å². The summed E-state index contributed by atoms with van der Waals surface area (Å²) in [5, 5.41) is 10.0. The number of fused-ring (bicyclic) bond motifs is 1. The molecule has 2 amide bonds. The first-order valence-electron chi connectivity index (χ1n) is 10.4. The average Bonchev–Trinajstić information content (AvgIpc) is 3.33. The van der Waals surface area contributed by atoms with E-state index in [0.717, 1.165) is 10.9 Å². The molecule has 0 unspecified atom stereocenters. The molecule has 0 aliphatic carbocycles. The van der Waals surface area contributed by atoms with Crippen molar-refractivity contribution >= 4 is 34.4 Å². The van der Waals surface area contributed by atoms with E-state index in [1.165, 1.54) is 6.07 Å². The molecule has 2 heterocycles. The lowest BCUT2D eigenvalue weighted by Crippen LogP contribution is -2.27. The van der Waals surface area contributed by atoms with Gasteiger partial charge in [-0.15, -0.1) is 0 Å². The van der Waals surface area contributed by atoms with Crippen molar-refractivity contribution in [3.8, 4) is 0 Å². The number of ether oxygens (including phenoxy) is 1. The average molecular weight is 455 g/mol. The highest BCUT2D eigenvalue weighted by Gasteiger charge is 2.17. The molecule has 1 atom stereocenters. The molecule has 0 saturated heterocycles. The second kappa shape index (κ2) is 10.2. The van der Waals surface area contributed by atoms with Gasteiger partial charge in [0.05, 0.1) is 11.7 Å². The van der Waals surface area contributed by atoms with Gasteiger partial charge >= 0.3 is 6.09 Å². The molecule has 170 valence electrons. The van der Waals surface area contributed by atoms with Crippen LogP contribution < -0.4 is 10.6 Å². The lowest BCUT2D eigenvalue weighted by atomic mass is 10.0. The molecule has 0 radical (unpaired) electrons. The van der Waals surface area contributed by atoms with Crippen molar-refractivity contribution in [3.63, 3.8) is 0 Å². The van der Waals surface area contributed by atoms with E-state index in [0.29, 0.717) is 22.5 Å². The van der Waals surface area contributed by atoms with Gasteiger partial charge in [0.1, 0.15) is 12.3 Å². The van der Waals surface area contributed by atoms with Crippen LogP contribution in [0, 0.1) is 0 Å². The Morgan fingerprint density at radius 1 is 1.18 bits per heavy atom. The summed E-state index contributed by atoms with van der Waals surface area (Å²) in [6.45, 7) is 1.86. The SMILES string of the molecule is C[C@@H](NC(=O)OCc1ccccc1)c1ccc(C(=O)Nc2ccnc3[nH]ccc23)cc1N=[N+]=[N-]. The summed E-state index contributed by atoms with van der Waals surface area (Å²) in [4.78, 5) is 35.1. The fraction of sp³-hybridized carbons (Fsp3) is 0.125. The van der Waals surface area contributed by atoms with Crippen LogP contribution in [0.15, 0.2) is 78.2 Å². The van der Waals surface area contributed by atoms with E-state index in [4.69, 9.17) is 10.3 Å². The molecule has 2 aromatic heterocycles. The molecule has 0 aliphatic heterocycles. The van der Waals surface area contributed by atoms with Gasteiger partial charge in [0.15, 0.2) is 0 Å². The minimum absolute atomic E-state index is 0.130. The number of carbonyl (C=O) groups excluding carboxylic acids is 2. The van der Waals surface area contributed by atoms with Crippen molar-refractivity contribution in [3.05, 3.63) is 100 Å². The van der Waals surface area contributed by atoms with Crippen molar-refractivity contribution in [1.82, 2.24) is 15.3 Å². The minimum Gasteiger partial charge on any atom is -0.445 e. The number of carbonyl (C=O) groups is 2. The zero-order valence-corrected chi connectivity index (χ0v) is 18.2. The molecule has 0 bridgehead atoms. The van der Waals surface area contributed by atoms with Crippen molar-refractivity contribution in [2.45, 2.75) is 19.6 Å². The van der Waals surface area contributed by atoms with Crippen LogP contribution in [0.3, 0.4) is 0 Å². The zero-order valence-electron chi connectivity index (χ0n) is 18.2. The fourth-order valence-corrected chi connectivity index (χ4v) is 3.47. The van der Waals surface area contributed by atoms with Crippen LogP contribution in [0.25, 0.3) is 21.5 Å². The van der Waals surface area contributed by atoms with Gasteiger partial charge in [-0.25, -0.2) is 9.78 Å². The van der Waals surface area contributed by atoms with Gasteiger partial charge in [-0.2, -0.15) is 0 Å². The van der Waals surface area contributed by atoms with Crippen LogP contribution in [-0.2, 0) is 11.3 Å². The number of rotatable bonds is 7. The summed E-state index contributed by atoms with van der Waals surface area (Å²) >= 11 is 0. The standard InChI is InChI=1S/C24H21N7O3/c1-15(28-24(33)34-14-16-5-3-2-4-6-16)18-8-7-17(13-21(18)30-31-25)23(32)29-20-10-12-27-22-19(20)9-11-26-22/h2-13,15H,14H2,1H3,(H,28,33)(H2,26,27,29,32)/t15-/m1/s1. The number of pyridine rings is 1. The Kier molecular flexibility index (Phi) is 6.71. The van der Waals surface area contributed by atoms with Crippen LogP contribution in [0.5, 0.6) is 0 Å². The summed E-state index contributed by atoms with van der Waals surface area (Å²) in [6.07, 6.45) is 2.71. The summed E-state index contributed by atoms with van der Waals surface area (Å²) < 4.78 is 5.25. The van der Waals surface area contributed by atoms with Crippen LogP contribution in [0.1, 0.15) is 34.5 Å². The Hall–Kier alpha value is -4.82. The second-order valence-corrected chi connectivity index (χ2v) is 7.44. The van der Waals surface area contributed by atoms with E-state index >= 15 is 0 Å². The number of alkyl carbamates (subject to hydrolysis) is 1. The molecule has 4 rings (SSSR count). The largest absolute Gasteiger partial charge is 0.445 e. The maximum Gasteiger partial charge on any atom is 0.407 e. The highest BCUT2D eigenvalue weighted by atomic mass is 16.5. The van der Waals surface area contributed by atoms with Gasteiger partial charge in [0.2, 0.25) is 0 Å². The normalized spacial score (nSPS) is 11.3. The third kappa shape index (κ3) is 5.14. The molecule has 34 heavy (non-hydrogen) atoms. The topological polar surface area (TPSA) is 145 Å². The third-order valence-corrected chi connectivity index (χ3v) is 5.17. The number of azide groups is 1. The molecule has 0 saturated carbocycles. The summed E-state index contributed by atoms with van der Waals surface area (Å²) in [5.41, 5.74) is 12.2. The predicted molar refractivity (Wildman–Crippen MR) is 127 cm³/mol. The number of H-pyrrole nitrogens is 1. The number of aromatic nitrogens is 2. The van der Waals surface area contributed by atoms with E-state index in [2.05, 4.69) is 30.6 Å². The Morgan fingerprint density at radius 2 is 2.00 bits per heavy atom. The van der Waals surface area contributed by atoms with E-state index in [9.17, 15) is 9.59 Å². The Labute approximate surface area is 194 Å². The number of nitrogens with one attached hydrogen (secondary N) is 3. The summed E-state index contributed by atoms with van der Waals surface area (Å²) in [7, 11) is 0. The Bertz CT molecular complexity index is 1380. The van der Waals surface area contributed by atoms with Crippen molar-refractivity contribution in [2.75, 3.05) is 5.32 Å². The Morgan fingerprint density at radius 3 is 2.79 bits per heavy atom. The lowest BCUT2D eigenvalue weighted by molar-refractivity contribution is 0.102. The third-order valence-electron chi connectivity index (χ3n) is 5.17. The summed E-state index contributed by atoms with van der Waals surface area (Å²) in [5.74, 6) is -0.377. The molecule has 0 fully saturated rings. The van der Waals surface area contributed by atoms with Crippen LogP contribution in [0.4, 0.5) is 16.2 Å². The molecule has 10 nitrogen and oxygen atoms in total. The first kappa shape index (κ1) is 22.4. The Balaban J connectivity index is 1.47. The maximum atomic E-state index is 12.8. The van der Waals surface area contributed by atoms with Gasteiger partial charge in [0.25, 0.3) is 5.91 Å². The van der Waals surface area contributed by atoms with Gasteiger partial charge in [-0.1, -0.05) is 41.5 Å². The number of benzene rings is 2. The molecule has 0 spiro atoms. The molecule has 10 heteroatoms. The monoisotopic (exact) mass is 455 g/mol. The van der Waals surface area contributed by atoms with Crippen LogP contribution in [-0.4, -0.2) is 22.0 Å². The smallest absolute Gasteiger partial charge is 0.407 e. The molecule has 3 N–H and O–H groups in total. The number of aromatic amines is 1. The second-order valence-electron chi connectivity index (χ2n) is 7.44. The molecule has 0 aliphatic rings. The van der Waals surface area contributed by atoms with E-state index in [1.54, 1.807) is 37.5 Å². The highest BCUT2D eigenvalue weighted by molar-refractivity contribution is 6.08. The highest BCUT2D eigenvalue weighted by Crippen LogP contribution is 2.28. The number of amides is 2. The van der Waals surface area contributed by atoms with Crippen LogP contribution in [0.2, 0.25) is 0 Å². The number of nitrogens with zero attached hydrogens (tertiary/aromatic N) is 4. The van der Waals surface area contributed by atoms with E-state index in [1.807, 2.05) is 36.4 Å². The molecular weight excluding hydrogens is 434 g/mol. The first-order chi connectivity index (χ1) is 16.5. The number of anilines is 1. The van der Waals surface area contributed by atoms with Gasteiger partial charge in [-0.05, 0) is 47.8 Å². The van der Waals surface area contributed by atoms with Gasteiger partial charge in [-0.3, -0.25) is 4.79 Å². The van der Waals surface area contributed by atoms with Crippen molar-refractivity contribution < 1.29 is 14.3 Å². The number of hydrogen-bond donors (Lipinski definition) is 3. The first-order valence-corrected chi connectivity index (χ1v) is 10.4. The van der Waals surface area contributed by atoms with Crippen LogP contribution >= 0.6 is 0 Å². The zero-order chi connectivity index (χ0) is 23.9. The van der Waals surface area contributed by atoms with Gasteiger partial charge in [0, 0.05) is 33.9 Å². The maximum absolute atomic E-state index is 12.8. The summed E-state index contributed by atoms with van der Waals surface area (Å²) in [6, 6.07) is 17.0. The predicted octanol–water partition coefficient (Wildman–Crippen LogP) is 5.74. The van der Waals surface area contributed by atoms with Crippen molar-refractivity contribution in [1.29, 1.82) is 0 Å². The molecule has 4 aromatic rings. The molecular formula is C24H21N7O3. The van der Waals surface area contributed by atoms with Gasteiger partial charge < -0.3 is 20.4 Å². The molecule has 2 aromatic carbocycles. The fourth-order valence-electron chi connectivity index (χ4n) is 3.47. The minimum atomic E-state index is -0.613.